The second kappa shape index (κ2) is 6.42. The molecule has 2 aromatic rings. The van der Waals surface area contributed by atoms with Gasteiger partial charge in [0.15, 0.2) is 0 Å². The lowest BCUT2D eigenvalue weighted by Crippen LogP contribution is -2.24. The van der Waals surface area contributed by atoms with Crippen molar-refractivity contribution >= 4 is 11.6 Å². The van der Waals surface area contributed by atoms with Crippen molar-refractivity contribution < 1.29 is 0 Å². The van der Waals surface area contributed by atoms with E-state index >= 15 is 0 Å². The number of hydrogen-bond acceptors (Lipinski definition) is 4. The van der Waals surface area contributed by atoms with E-state index in [0.29, 0.717) is 5.02 Å². The molecule has 0 bridgehead atoms. The Labute approximate surface area is 111 Å². The van der Waals surface area contributed by atoms with Crippen LogP contribution in [0.4, 0.5) is 0 Å². The van der Waals surface area contributed by atoms with E-state index in [1.807, 2.05) is 6.07 Å². The molecule has 0 aliphatic heterocycles. The van der Waals surface area contributed by atoms with Crippen LogP contribution >= 0.6 is 11.6 Å². The van der Waals surface area contributed by atoms with Crippen molar-refractivity contribution in [3.05, 3.63) is 53.3 Å². The maximum absolute atomic E-state index is 6.13. The Balaban J connectivity index is 2.19. The number of pyridine rings is 1. The van der Waals surface area contributed by atoms with Gasteiger partial charge in [0.2, 0.25) is 0 Å². The zero-order valence-corrected chi connectivity index (χ0v) is 10.9. The summed E-state index contributed by atoms with van der Waals surface area (Å²) in [4.78, 5) is 12.4. The lowest BCUT2D eigenvalue weighted by atomic mass is 10.0. The Morgan fingerprint density at radius 3 is 2.72 bits per heavy atom. The van der Waals surface area contributed by atoms with E-state index in [1.165, 1.54) is 0 Å². The topological polar surface area (TPSA) is 50.7 Å². The predicted octanol–water partition coefficient (Wildman–Crippen LogP) is 2.42. The van der Waals surface area contributed by atoms with Crippen LogP contribution in [-0.4, -0.2) is 21.5 Å². The van der Waals surface area contributed by atoms with E-state index in [1.54, 1.807) is 31.0 Å². The average molecular weight is 263 g/mol. The summed E-state index contributed by atoms with van der Waals surface area (Å²) in [6.45, 7) is 2.93. The molecule has 0 saturated heterocycles. The molecule has 0 spiro atoms. The van der Waals surface area contributed by atoms with Gasteiger partial charge < -0.3 is 5.32 Å². The highest BCUT2D eigenvalue weighted by Gasteiger charge is 2.14. The van der Waals surface area contributed by atoms with Crippen LogP contribution in [0.3, 0.4) is 0 Å². The molecule has 0 radical (unpaired) electrons. The van der Waals surface area contributed by atoms with E-state index in [-0.39, 0.29) is 6.04 Å². The molecule has 2 aromatic heterocycles. The molecule has 0 aliphatic rings. The van der Waals surface area contributed by atoms with Gasteiger partial charge in [0, 0.05) is 31.0 Å². The Morgan fingerprint density at radius 1 is 1.22 bits per heavy atom. The minimum Gasteiger partial charge on any atom is -0.309 e. The minimum absolute atomic E-state index is 0.114. The van der Waals surface area contributed by atoms with Crippen molar-refractivity contribution in [1.29, 1.82) is 0 Å². The van der Waals surface area contributed by atoms with Crippen molar-refractivity contribution in [1.82, 2.24) is 20.3 Å². The molecule has 0 aromatic carbocycles. The van der Waals surface area contributed by atoms with Crippen LogP contribution in [0.15, 0.2) is 37.1 Å². The van der Waals surface area contributed by atoms with Gasteiger partial charge in [0.1, 0.15) is 0 Å². The van der Waals surface area contributed by atoms with Crippen LogP contribution < -0.4 is 5.32 Å². The standard InChI is InChI=1S/C13H15ClN4/c1-2-17-12(13-9-16-5-6-18-13)7-10-3-4-15-8-11(10)14/h3-6,8-9,12,17H,2,7H2,1H3. The fourth-order valence-corrected chi connectivity index (χ4v) is 2.00. The molecule has 1 atom stereocenters. The highest BCUT2D eigenvalue weighted by molar-refractivity contribution is 6.31. The molecular weight excluding hydrogens is 248 g/mol. The molecule has 5 heteroatoms. The fraction of sp³-hybridized carbons (Fsp3) is 0.308. The second-order valence-electron chi connectivity index (χ2n) is 3.91. The summed E-state index contributed by atoms with van der Waals surface area (Å²) in [5.41, 5.74) is 1.98. The minimum atomic E-state index is 0.114. The van der Waals surface area contributed by atoms with E-state index in [9.17, 15) is 0 Å². The lowest BCUT2D eigenvalue weighted by Gasteiger charge is -2.17. The van der Waals surface area contributed by atoms with Crippen LogP contribution in [0, 0.1) is 0 Å². The summed E-state index contributed by atoms with van der Waals surface area (Å²) in [6, 6.07) is 2.05. The van der Waals surface area contributed by atoms with Gasteiger partial charge in [-0.2, -0.15) is 0 Å². The normalized spacial score (nSPS) is 12.3. The van der Waals surface area contributed by atoms with E-state index in [0.717, 1.165) is 24.2 Å². The summed E-state index contributed by atoms with van der Waals surface area (Å²) in [5, 5.41) is 4.08. The van der Waals surface area contributed by atoms with Crippen LogP contribution in [0.5, 0.6) is 0 Å². The molecule has 1 N–H and O–H groups in total. The second-order valence-corrected chi connectivity index (χ2v) is 4.32. The van der Waals surface area contributed by atoms with Crippen molar-refractivity contribution in [2.75, 3.05) is 6.54 Å². The first-order valence-electron chi connectivity index (χ1n) is 5.89. The zero-order valence-electron chi connectivity index (χ0n) is 10.2. The number of likely N-dealkylation sites (N-methyl/N-ethyl adjacent to an activating group) is 1. The molecule has 4 nitrogen and oxygen atoms in total. The smallest absolute Gasteiger partial charge is 0.0759 e. The van der Waals surface area contributed by atoms with Gasteiger partial charge in [0.05, 0.1) is 16.8 Å². The Morgan fingerprint density at radius 2 is 2.06 bits per heavy atom. The summed E-state index contributed by atoms with van der Waals surface area (Å²) in [5.74, 6) is 0. The SMILES string of the molecule is CCNC(Cc1ccncc1Cl)c1cnccn1. The zero-order chi connectivity index (χ0) is 12.8. The van der Waals surface area contributed by atoms with Crippen LogP contribution in [0.25, 0.3) is 0 Å². The highest BCUT2D eigenvalue weighted by atomic mass is 35.5. The van der Waals surface area contributed by atoms with Crippen molar-refractivity contribution in [2.45, 2.75) is 19.4 Å². The molecule has 0 saturated carbocycles. The Hall–Kier alpha value is -1.52. The monoisotopic (exact) mass is 262 g/mol. The van der Waals surface area contributed by atoms with Gasteiger partial charge in [-0.25, -0.2) is 0 Å². The lowest BCUT2D eigenvalue weighted by molar-refractivity contribution is 0.534. The molecule has 2 heterocycles. The summed E-state index contributed by atoms with van der Waals surface area (Å²) < 4.78 is 0. The first kappa shape index (κ1) is 12.9. The van der Waals surface area contributed by atoms with Gasteiger partial charge in [-0.3, -0.25) is 15.0 Å². The van der Waals surface area contributed by atoms with E-state index < -0.39 is 0 Å². The third kappa shape index (κ3) is 3.24. The molecule has 0 aliphatic carbocycles. The maximum Gasteiger partial charge on any atom is 0.0759 e. The van der Waals surface area contributed by atoms with Crippen molar-refractivity contribution in [3.8, 4) is 0 Å². The van der Waals surface area contributed by atoms with Crippen LogP contribution in [-0.2, 0) is 6.42 Å². The molecule has 18 heavy (non-hydrogen) atoms. The largest absolute Gasteiger partial charge is 0.309 e. The number of nitrogens with one attached hydrogen (secondary N) is 1. The van der Waals surface area contributed by atoms with E-state index in [4.69, 9.17) is 11.6 Å². The quantitative estimate of drug-likeness (QED) is 0.899. The Bertz CT molecular complexity index is 489. The van der Waals surface area contributed by atoms with Gasteiger partial charge in [0.25, 0.3) is 0 Å². The summed E-state index contributed by atoms with van der Waals surface area (Å²) in [7, 11) is 0. The predicted molar refractivity (Wildman–Crippen MR) is 71.4 cm³/mol. The van der Waals surface area contributed by atoms with Gasteiger partial charge in [-0.05, 0) is 24.6 Å². The van der Waals surface area contributed by atoms with Crippen molar-refractivity contribution in [3.63, 3.8) is 0 Å². The van der Waals surface area contributed by atoms with Gasteiger partial charge in [-0.1, -0.05) is 18.5 Å². The van der Waals surface area contributed by atoms with E-state index in [2.05, 4.69) is 27.2 Å². The number of rotatable bonds is 5. The summed E-state index contributed by atoms with van der Waals surface area (Å²) >= 11 is 6.13. The first-order chi connectivity index (χ1) is 8.81. The van der Waals surface area contributed by atoms with Gasteiger partial charge >= 0.3 is 0 Å². The fourth-order valence-electron chi connectivity index (χ4n) is 1.81. The molecular formula is C13H15ClN4. The van der Waals surface area contributed by atoms with Crippen LogP contribution in [0.2, 0.25) is 5.02 Å². The van der Waals surface area contributed by atoms with Crippen LogP contribution in [0.1, 0.15) is 24.2 Å². The van der Waals surface area contributed by atoms with Gasteiger partial charge in [-0.15, -0.1) is 0 Å². The average Bonchev–Trinajstić information content (AvgIpc) is 2.42. The number of nitrogens with zero attached hydrogens (tertiary/aromatic N) is 3. The maximum atomic E-state index is 6.13. The number of halogens is 1. The third-order valence-electron chi connectivity index (χ3n) is 2.67. The molecule has 0 fully saturated rings. The highest BCUT2D eigenvalue weighted by Crippen LogP contribution is 2.21. The third-order valence-corrected chi connectivity index (χ3v) is 3.01. The molecule has 2 rings (SSSR count). The summed E-state index contributed by atoms with van der Waals surface area (Å²) in [6.07, 6.45) is 9.34. The Kier molecular flexibility index (Phi) is 4.61. The molecule has 1 unspecified atom stereocenters. The number of aromatic nitrogens is 3. The molecule has 0 amide bonds. The first-order valence-corrected chi connectivity index (χ1v) is 6.26. The number of hydrogen-bond donors (Lipinski definition) is 1. The van der Waals surface area contributed by atoms with Crippen molar-refractivity contribution in [2.24, 2.45) is 0 Å². The molecule has 94 valence electrons.